The quantitative estimate of drug-likeness (QED) is 0.768. The van der Waals surface area contributed by atoms with Crippen molar-refractivity contribution in [2.45, 2.75) is 44.6 Å². The normalized spacial score (nSPS) is 28.4. The van der Waals surface area contributed by atoms with E-state index in [0.717, 1.165) is 25.7 Å². The summed E-state index contributed by atoms with van der Waals surface area (Å²) in [4.78, 5) is 0. The highest BCUT2D eigenvalue weighted by Crippen LogP contribution is 2.40. The molecule has 0 bridgehead atoms. The van der Waals surface area contributed by atoms with Crippen LogP contribution in [-0.4, -0.2) is 6.04 Å². The Morgan fingerprint density at radius 1 is 1.44 bits per heavy atom. The van der Waals surface area contributed by atoms with Gasteiger partial charge in [-0.1, -0.05) is 31.0 Å². The van der Waals surface area contributed by atoms with Crippen molar-refractivity contribution in [3.63, 3.8) is 0 Å². The van der Waals surface area contributed by atoms with Gasteiger partial charge in [0, 0.05) is 16.4 Å². The summed E-state index contributed by atoms with van der Waals surface area (Å²) in [5.74, 6) is 0.425. The number of nitrogens with two attached hydrogens (primary N) is 1. The Kier molecular flexibility index (Phi) is 4.68. The lowest BCUT2D eigenvalue weighted by Gasteiger charge is -2.34. The Balaban J connectivity index is 2.32. The fourth-order valence-corrected chi connectivity index (χ4v) is 3.32. The first-order valence-electron chi connectivity index (χ1n) is 6.43. The number of rotatable bonds is 2. The first-order valence-corrected chi connectivity index (χ1v) is 7.60. The molecule has 3 atom stereocenters. The van der Waals surface area contributed by atoms with Gasteiger partial charge in [-0.05, 0) is 52.7 Å². The van der Waals surface area contributed by atoms with Crippen molar-refractivity contribution in [1.29, 1.82) is 0 Å². The van der Waals surface area contributed by atoms with Crippen LogP contribution in [0.5, 0.6) is 0 Å². The van der Waals surface area contributed by atoms with E-state index in [2.05, 4.69) is 22.9 Å². The molecule has 0 amide bonds. The first kappa shape index (κ1) is 14.3. The summed E-state index contributed by atoms with van der Waals surface area (Å²) in [5.41, 5.74) is 6.84. The molecule has 0 aromatic heterocycles. The molecular formula is C14H18BrClFN. The Bertz CT molecular complexity index is 438. The van der Waals surface area contributed by atoms with Crippen molar-refractivity contribution >= 4 is 27.5 Å². The van der Waals surface area contributed by atoms with Crippen LogP contribution in [0.3, 0.4) is 0 Å². The molecule has 0 spiro atoms. The molecule has 0 heterocycles. The van der Waals surface area contributed by atoms with Gasteiger partial charge < -0.3 is 5.73 Å². The summed E-state index contributed by atoms with van der Waals surface area (Å²) >= 11 is 9.20. The lowest BCUT2D eigenvalue weighted by atomic mass is 9.74. The van der Waals surface area contributed by atoms with Gasteiger partial charge in [-0.25, -0.2) is 4.39 Å². The maximum atomic E-state index is 14.2. The van der Waals surface area contributed by atoms with Gasteiger partial charge in [-0.3, -0.25) is 0 Å². The minimum atomic E-state index is -0.316. The first-order chi connectivity index (χ1) is 8.54. The van der Waals surface area contributed by atoms with Crippen LogP contribution in [0, 0.1) is 11.7 Å². The van der Waals surface area contributed by atoms with Crippen molar-refractivity contribution in [3.05, 3.63) is 33.0 Å². The van der Waals surface area contributed by atoms with E-state index in [9.17, 15) is 4.39 Å². The SMILES string of the molecule is CCC1CCC(N)C(c2ccc(Br)c(Cl)c2F)C1. The van der Waals surface area contributed by atoms with Gasteiger partial charge in [0.15, 0.2) is 0 Å². The maximum Gasteiger partial charge on any atom is 0.146 e. The van der Waals surface area contributed by atoms with Crippen molar-refractivity contribution in [2.24, 2.45) is 11.7 Å². The van der Waals surface area contributed by atoms with Gasteiger partial charge in [0.25, 0.3) is 0 Å². The molecule has 0 radical (unpaired) electrons. The van der Waals surface area contributed by atoms with Crippen LogP contribution in [-0.2, 0) is 0 Å². The third kappa shape index (κ3) is 2.73. The summed E-state index contributed by atoms with van der Waals surface area (Å²) in [6, 6.07) is 3.66. The molecule has 100 valence electrons. The third-order valence-corrected chi connectivity index (χ3v) is 5.31. The zero-order valence-electron chi connectivity index (χ0n) is 10.4. The predicted molar refractivity (Wildman–Crippen MR) is 77.5 cm³/mol. The summed E-state index contributed by atoms with van der Waals surface area (Å²) < 4.78 is 14.8. The largest absolute Gasteiger partial charge is 0.327 e. The monoisotopic (exact) mass is 333 g/mol. The highest BCUT2D eigenvalue weighted by Gasteiger charge is 2.31. The molecule has 1 nitrogen and oxygen atoms in total. The van der Waals surface area contributed by atoms with E-state index in [1.807, 2.05) is 12.1 Å². The minimum absolute atomic E-state index is 0.0412. The molecule has 1 fully saturated rings. The second kappa shape index (κ2) is 5.89. The van der Waals surface area contributed by atoms with Crippen LogP contribution in [0.15, 0.2) is 16.6 Å². The molecule has 4 heteroatoms. The van der Waals surface area contributed by atoms with E-state index in [1.54, 1.807) is 0 Å². The highest BCUT2D eigenvalue weighted by atomic mass is 79.9. The molecule has 1 aromatic carbocycles. The lowest BCUT2D eigenvalue weighted by Crippen LogP contribution is -2.35. The Morgan fingerprint density at radius 2 is 2.17 bits per heavy atom. The molecule has 3 unspecified atom stereocenters. The van der Waals surface area contributed by atoms with Crippen molar-refractivity contribution in [1.82, 2.24) is 0 Å². The van der Waals surface area contributed by atoms with Crippen molar-refractivity contribution < 1.29 is 4.39 Å². The Morgan fingerprint density at radius 3 is 2.83 bits per heavy atom. The summed E-state index contributed by atoms with van der Waals surface area (Å²) in [7, 11) is 0. The Labute approximate surface area is 121 Å². The molecule has 1 saturated carbocycles. The Hall–Kier alpha value is -0.120. The van der Waals surface area contributed by atoms with E-state index < -0.39 is 0 Å². The van der Waals surface area contributed by atoms with Gasteiger partial charge in [0.05, 0.1) is 5.02 Å². The zero-order valence-corrected chi connectivity index (χ0v) is 12.8. The van der Waals surface area contributed by atoms with Gasteiger partial charge in [-0.2, -0.15) is 0 Å². The maximum absolute atomic E-state index is 14.2. The van der Waals surface area contributed by atoms with Gasteiger partial charge in [0.1, 0.15) is 5.82 Å². The number of hydrogen-bond donors (Lipinski definition) is 1. The molecule has 1 aromatic rings. The standard InChI is InChI=1S/C14H18BrClFN/c1-2-8-3-6-12(18)10(7-8)9-4-5-11(15)13(16)14(9)17/h4-5,8,10,12H,2-3,6-7,18H2,1H3. The second-order valence-corrected chi connectivity index (χ2v) is 6.35. The van der Waals surface area contributed by atoms with Crippen LogP contribution in [0.1, 0.15) is 44.1 Å². The summed E-state index contributed by atoms with van der Waals surface area (Å²) in [6.07, 6.45) is 4.22. The number of hydrogen-bond acceptors (Lipinski definition) is 1. The average Bonchev–Trinajstić information content (AvgIpc) is 2.37. The van der Waals surface area contributed by atoms with Crippen molar-refractivity contribution in [3.8, 4) is 0 Å². The van der Waals surface area contributed by atoms with Crippen LogP contribution >= 0.6 is 27.5 Å². The fraction of sp³-hybridized carbons (Fsp3) is 0.571. The third-order valence-electron chi connectivity index (χ3n) is 4.05. The zero-order chi connectivity index (χ0) is 13.3. The van der Waals surface area contributed by atoms with E-state index in [1.165, 1.54) is 0 Å². The van der Waals surface area contributed by atoms with Crippen molar-refractivity contribution in [2.75, 3.05) is 0 Å². The topological polar surface area (TPSA) is 26.0 Å². The number of benzene rings is 1. The molecule has 0 aliphatic heterocycles. The van der Waals surface area contributed by atoms with E-state index >= 15 is 0 Å². The van der Waals surface area contributed by atoms with Gasteiger partial charge >= 0.3 is 0 Å². The van der Waals surface area contributed by atoms with E-state index in [-0.39, 0.29) is 22.8 Å². The highest BCUT2D eigenvalue weighted by molar-refractivity contribution is 9.10. The van der Waals surface area contributed by atoms with Crippen LogP contribution in [0.2, 0.25) is 5.02 Å². The fourth-order valence-electron chi connectivity index (χ4n) is 2.84. The van der Waals surface area contributed by atoms with Crippen LogP contribution in [0.4, 0.5) is 4.39 Å². The molecule has 2 rings (SSSR count). The van der Waals surface area contributed by atoms with Gasteiger partial charge in [-0.15, -0.1) is 0 Å². The average molecular weight is 335 g/mol. The lowest BCUT2D eigenvalue weighted by molar-refractivity contribution is 0.278. The van der Waals surface area contributed by atoms with E-state index in [4.69, 9.17) is 17.3 Å². The minimum Gasteiger partial charge on any atom is -0.327 e. The summed E-state index contributed by atoms with van der Waals surface area (Å²) in [6.45, 7) is 2.18. The van der Waals surface area contributed by atoms with Crippen LogP contribution in [0.25, 0.3) is 0 Å². The molecule has 18 heavy (non-hydrogen) atoms. The molecule has 2 N–H and O–H groups in total. The second-order valence-electron chi connectivity index (χ2n) is 5.12. The molecule has 1 aliphatic carbocycles. The van der Waals surface area contributed by atoms with Gasteiger partial charge in [0.2, 0.25) is 0 Å². The predicted octanol–water partition coefficient (Wildman–Crippen LogP) is 4.86. The molecule has 0 saturated heterocycles. The number of halogens is 3. The van der Waals surface area contributed by atoms with Crippen LogP contribution < -0.4 is 5.73 Å². The molecule has 1 aliphatic rings. The molecular weight excluding hydrogens is 317 g/mol. The smallest absolute Gasteiger partial charge is 0.146 e. The van der Waals surface area contributed by atoms with E-state index in [0.29, 0.717) is 16.0 Å². The summed E-state index contributed by atoms with van der Waals surface area (Å²) in [5, 5.41) is 0.165.